The second-order valence-electron chi connectivity index (χ2n) is 5.47. The molecule has 23 heavy (non-hydrogen) atoms. The Labute approximate surface area is 142 Å². The van der Waals surface area contributed by atoms with Crippen LogP contribution >= 0.6 is 11.3 Å². The molecule has 0 saturated carbocycles. The average molecular weight is 341 g/mol. The molecule has 2 amide bonds. The van der Waals surface area contributed by atoms with Crippen molar-refractivity contribution in [3.05, 3.63) is 10.6 Å². The molecule has 0 saturated heterocycles. The Morgan fingerprint density at radius 3 is 2.61 bits per heavy atom. The molecule has 1 N–H and O–H groups in total. The number of aromatic nitrogens is 1. The van der Waals surface area contributed by atoms with Crippen molar-refractivity contribution < 1.29 is 14.3 Å². The number of anilines is 1. The molecule has 1 aromatic heterocycles. The van der Waals surface area contributed by atoms with Gasteiger partial charge in [0.05, 0.1) is 12.2 Å². The van der Waals surface area contributed by atoms with Crippen LogP contribution in [0.4, 0.5) is 5.13 Å². The largest absolute Gasteiger partial charge is 0.385 e. The summed E-state index contributed by atoms with van der Waals surface area (Å²) in [5, 5.41) is 3.36. The van der Waals surface area contributed by atoms with Crippen LogP contribution in [0, 0.1) is 13.8 Å². The number of thiazole rings is 1. The second kappa shape index (κ2) is 10.3. The summed E-state index contributed by atoms with van der Waals surface area (Å²) in [5.41, 5.74) is 0.918. The summed E-state index contributed by atoms with van der Waals surface area (Å²) >= 11 is 1.45. The van der Waals surface area contributed by atoms with Crippen molar-refractivity contribution in [2.45, 2.75) is 46.5 Å². The number of unbranched alkanes of at least 4 members (excludes halogenated alkanes) is 1. The lowest BCUT2D eigenvalue weighted by Crippen LogP contribution is -2.38. The molecule has 1 heterocycles. The zero-order valence-electron chi connectivity index (χ0n) is 14.5. The van der Waals surface area contributed by atoms with Crippen LogP contribution in [0.3, 0.4) is 0 Å². The topological polar surface area (TPSA) is 71.5 Å². The molecular weight excluding hydrogens is 314 g/mol. The van der Waals surface area contributed by atoms with Crippen LogP contribution in [0.5, 0.6) is 0 Å². The number of methoxy groups -OCH3 is 1. The smallest absolute Gasteiger partial charge is 0.245 e. The fraction of sp³-hybridized carbons (Fsp3) is 0.688. The number of hydrogen-bond acceptors (Lipinski definition) is 5. The lowest BCUT2D eigenvalue weighted by Gasteiger charge is -2.22. The number of ether oxygens (including phenoxy) is 1. The third-order valence-electron chi connectivity index (χ3n) is 3.48. The molecule has 0 aromatic carbocycles. The summed E-state index contributed by atoms with van der Waals surface area (Å²) in [6.45, 7) is 7.08. The van der Waals surface area contributed by atoms with Crippen LogP contribution in [-0.2, 0) is 14.3 Å². The molecule has 0 aliphatic heterocycles. The van der Waals surface area contributed by atoms with E-state index >= 15 is 0 Å². The number of rotatable bonds is 10. The normalized spacial score (nSPS) is 10.6. The van der Waals surface area contributed by atoms with Crippen molar-refractivity contribution in [2.24, 2.45) is 0 Å². The highest BCUT2D eigenvalue weighted by Gasteiger charge is 2.17. The predicted molar refractivity (Wildman–Crippen MR) is 92.8 cm³/mol. The Morgan fingerprint density at radius 2 is 2.04 bits per heavy atom. The molecule has 6 nitrogen and oxygen atoms in total. The van der Waals surface area contributed by atoms with Gasteiger partial charge >= 0.3 is 0 Å². The highest BCUT2D eigenvalue weighted by molar-refractivity contribution is 7.15. The van der Waals surface area contributed by atoms with Gasteiger partial charge in [-0.25, -0.2) is 4.98 Å². The minimum Gasteiger partial charge on any atom is -0.385 e. The van der Waals surface area contributed by atoms with Gasteiger partial charge in [-0.15, -0.1) is 11.3 Å². The molecule has 7 heteroatoms. The lowest BCUT2D eigenvalue weighted by molar-refractivity contribution is -0.135. The molecule has 0 radical (unpaired) electrons. The van der Waals surface area contributed by atoms with Crippen LogP contribution in [0.25, 0.3) is 0 Å². The SMILES string of the molecule is CCCCC(=O)N(CCCOC)CC(=O)Nc1nc(C)c(C)s1. The van der Waals surface area contributed by atoms with Crippen LogP contribution in [-0.4, -0.2) is 48.5 Å². The zero-order valence-corrected chi connectivity index (χ0v) is 15.3. The number of carbonyl (C=O) groups excluding carboxylic acids is 2. The third-order valence-corrected chi connectivity index (χ3v) is 4.47. The maximum absolute atomic E-state index is 12.2. The molecule has 130 valence electrons. The summed E-state index contributed by atoms with van der Waals surface area (Å²) < 4.78 is 5.02. The van der Waals surface area contributed by atoms with Crippen LogP contribution in [0.2, 0.25) is 0 Å². The zero-order chi connectivity index (χ0) is 17.2. The molecule has 0 aliphatic carbocycles. The van der Waals surface area contributed by atoms with Gasteiger partial charge in [-0.1, -0.05) is 13.3 Å². The third kappa shape index (κ3) is 7.09. The molecular formula is C16H27N3O3S. The van der Waals surface area contributed by atoms with E-state index in [-0.39, 0.29) is 18.4 Å². The van der Waals surface area contributed by atoms with E-state index in [9.17, 15) is 9.59 Å². The van der Waals surface area contributed by atoms with E-state index in [0.29, 0.717) is 24.7 Å². The summed E-state index contributed by atoms with van der Waals surface area (Å²) in [4.78, 5) is 31.4. The van der Waals surface area contributed by atoms with Crippen molar-refractivity contribution in [2.75, 3.05) is 32.1 Å². The van der Waals surface area contributed by atoms with Gasteiger partial charge in [0.15, 0.2) is 5.13 Å². The van der Waals surface area contributed by atoms with Crippen LogP contribution in [0.15, 0.2) is 0 Å². The molecule has 0 unspecified atom stereocenters. The first-order chi connectivity index (χ1) is 11.0. The van der Waals surface area contributed by atoms with Gasteiger partial charge in [-0.3, -0.25) is 9.59 Å². The highest BCUT2D eigenvalue weighted by Crippen LogP contribution is 2.20. The average Bonchev–Trinajstić information content (AvgIpc) is 2.81. The first-order valence-electron chi connectivity index (χ1n) is 7.98. The van der Waals surface area contributed by atoms with Gasteiger partial charge in [0.1, 0.15) is 0 Å². The lowest BCUT2D eigenvalue weighted by atomic mass is 10.2. The number of hydrogen-bond donors (Lipinski definition) is 1. The van der Waals surface area contributed by atoms with Crippen molar-refractivity contribution in [1.82, 2.24) is 9.88 Å². The van der Waals surface area contributed by atoms with Crippen LogP contribution < -0.4 is 5.32 Å². The molecule has 0 bridgehead atoms. The van der Waals surface area contributed by atoms with Gasteiger partial charge < -0.3 is 15.0 Å². The Kier molecular flexibility index (Phi) is 8.79. The summed E-state index contributed by atoms with van der Waals surface area (Å²) in [6.07, 6.45) is 3.00. The van der Waals surface area contributed by atoms with Crippen LogP contribution in [0.1, 0.15) is 43.2 Å². The minimum absolute atomic E-state index is 0.0182. The molecule has 0 spiro atoms. The van der Waals surface area contributed by atoms with E-state index in [4.69, 9.17) is 4.74 Å². The summed E-state index contributed by atoms with van der Waals surface area (Å²) in [5.74, 6) is -0.189. The van der Waals surface area contributed by atoms with Gasteiger partial charge in [-0.2, -0.15) is 0 Å². The Morgan fingerprint density at radius 1 is 1.30 bits per heavy atom. The van der Waals surface area contributed by atoms with Crippen molar-refractivity contribution in [3.63, 3.8) is 0 Å². The maximum atomic E-state index is 12.2. The number of aryl methyl sites for hydroxylation is 2. The fourth-order valence-corrected chi connectivity index (χ4v) is 2.87. The van der Waals surface area contributed by atoms with Crippen molar-refractivity contribution in [1.29, 1.82) is 0 Å². The van der Waals surface area contributed by atoms with Crippen molar-refractivity contribution >= 4 is 28.3 Å². The maximum Gasteiger partial charge on any atom is 0.245 e. The minimum atomic E-state index is -0.207. The first-order valence-corrected chi connectivity index (χ1v) is 8.80. The second-order valence-corrected chi connectivity index (χ2v) is 6.68. The Bertz CT molecular complexity index is 497. The van der Waals surface area contributed by atoms with Crippen molar-refractivity contribution in [3.8, 4) is 0 Å². The highest BCUT2D eigenvalue weighted by atomic mass is 32.1. The number of amides is 2. The van der Waals surface area contributed by atoms with Gasteiger partial charge in [0.2, 0.25) is 11.8 Å². The number of nitrogens with one attached hydrogen (secondary N) is 1. The van der Waals surface area contributed by atoms with Gasteiger partial charge in [-0.05, 0) is 26.7 Å². The van der Waals surface area contributed by atoms with E-state index in [1.54, 1.807) is 12.0 Å². The van der Waals surface area contributed by atoms with E-state index < -0.39 is 0 Å². The van der Waals surface area contributed by atoms with E-state index in [2.05, 4.69) is 10.3 Å². The van der Waals surface area contributed by atoms with E-state index in [1.165, 1.54) is 11.3 Å². The number of nitrogens with zero attached hydrogens (tertiary/aromatic N) is 2. The van der Waals surface area contributed by atoms with Gasteiger partial charge in [0, 0.05) is 31.6 Å². The standard InChI is InChI=1S/C16H27N3O3S/c1-5-6-8-15(21)19(9-7-10-22-4)11-14(20)18-16-17-12(2)13(3)23-16/h5-11H2,1-4H3,(H,17,18,20). The number of carbonyl (C=O) groups is 2. The summed E-state index contributed by atoms with van der Waals surface area (Å²) in [6, 6.07) is 0. The quantitative estimate of drug-likeness (QED) is 0.664. The summed E-state index contributed by atoms with van der Waals surface area (Å²) in [7, 11) is 1.63. The first kappa shape index (κ1) is 19.6. The van der Waals surface area contributed by atoms with E-state index in [1.807, 2.05) is 20.8 Å². The predicted octanol–water partition coefficient (Wildman–Crippen LogP) is 2.75. The van der Waals surface area contributed by atoms with E-state index in [0.717, 1.165) is 29.8 Å². The molecule has 1 aromatic rings. The molecule has 0 aliphatic rings. The molecule has 0 fully saturated rings. The molecule has 1 rings (SSSR count). The Balaban J connectivity index is 2.58. The monoisotopic (exact) mass is 341 g/mol. The molecule has 0 atom stereocenters. The Hall–Kier alpha value is -1.47. The van der Waals surface area contributed by atoms with Gasteiger partial charge in [0.25, 0.3) is 0 Å². The fourth-order valence-electron chi connectivity index (χ4n) is 2.04.